The lowest BCUT2D eigenvalue weighted by Gasteiger charge is -2.48. The summed E-state index contributed by atoms with van der Waals surface area (Å²) in [5.74, 6) is -0.367. The average Bonchev–Trinajstić information content (AvgIpc) is 2.74. The Morgan fingerprint density at radius 1 is 1.15 bits per heavy atom. The van der Waals surface area contributed by atoms with Crippen LogP contribution in [0.15, 0.2) is 54.6 Å². The molecule has 1 unspecified atom stereocenters. The van der Waals surface area contributed by atoms with Crippen LogP contribution in [-0.2, 0) is 11.3 Å². The summed E-state index contributed by atoms with van der Waals surface area (Å²) in [7, 11) is 0. The number of hydrogen-bond acceptors (Lipinski definition) is 5. The van der Waals surface area contributed by atoms with E-state index < -0.39 is 23.8 Å². The van der Waals surface area contributed by atoms with Crippen LogP contribution in [0, 0.1) is 5.82 Å². The largest absolute Gasteiger partial charge is 0.498 e. The predicted molar refractivity (Wildman–Crippen MR) is 122 cm³/mol. The first-order valence-electron chi connectivity index (χ1n) is 11.2. The van der Waals surface area contributed by atoms with Crippen molar-refractivity contribution in [2.45, 2.75) is 45.4 Å². The minimum atomic E-state index is -1.17. The van der Waals surface area contributed by atoms with Crippen LogP contribution < -0.4 is 10.4 Å². The molecule has 1 aliphatic rings. The topological polar surface area (TPSA) is 81.7 Å². The van der Waals surface area contributed by atoms with Gasteiger partial charge in [0.25, 0.3) is 6.09 Å². The Morgan fingerprint density at radius 3 is 2.45 bits per heavy atom. The third-order valence-electron chi connectivity index (χ3n) is 5.78. The molecule has 1 aliphatic heterocycles. The molecule has 7 nitrogen and oxygen atoms in total. The number of nitrogens with zero attached hydrogens (tertiary/aromatic N) is 2. The summed E-state index contributed by atoms with van der Waals surface area (Å²) < 4.78 is 19.3. The molecule has 0 spiro atoms. The third kappa shape index (κ3) is 6.44. The molecule has 1 N–H and O–H groups in total. The van der Waals surface area contributed by atoms with E-state index in [2.05, 4.69) is 5.32 Å². The summed E-state index contributed by atoms with van der Waals surface area (Å²) in [6.45, 7) is 6.62. The Labute approximate surface area is 194 Å². The standard InChI is InChI=1S/C25H32FN3O4/c1-25(2,3)33-23(30)28-15-16-29(24(31)32,17-19-9-5-4-6-10-19)18-20(28)13-14-27-22-12-8-7-11-21(22)26/h4-12,20,27H,13-18H2,1-3H3/t20-,29?/m1/s1. The van der Waals surface area contributed by atoms with Gasteiger partial charge in [0.1, 0.15) is 31.1 Å². The number of para-hydroxylation sites is 1. The maximum atomic E-state index is 14.0. The summed E-state index contributed by atoms with van der Waals surface area (Å²) in [4.78, 5) is 26.8. The molecule has 1 heterocycles. The van der Waals surface area contributed by atoms with Crippen LogP contribution >= 0.6 is 0 Å². The number of piperazine rings is 1. The second-order valence-electron chi connectivity index (χ2n) is 9.48. The first-order chi connectivity index (χ1) is 15.6. The van der Waals surface area contributed by atoms with E-state index in [-0.39, 0.29) is 36.5 Å². The van der Waals surface area contributed by atoms with Crippen molar-refractivity contribution in [1.82, 2.24) is 4.90 Å². The van der Waals surface area contributed by atoms with Crippen molar-refractivity contribution in [1.29, 1.82) is 0 Å². The van der Waals surface area contributed by atoms with Crippen LogP contribution in [0.4, 0.5) is 19.7 Å². The van der Waals surface area contributed by atoms with Gasteiger partial charge < -0.3 is 20.0 Å². The van der Waals surface area contributed by atoms with Crippen LogP contribution in [0.5, 0.6) is 0 Å². The molecule has 2 aromatic carbocycles. The van der Waals surface area contributed by atoms with Crippen molar-refractivity contribution in [2.75, 3.05) is 31.5 Å². The molecule has 0 bridgehead atoms. The highest BCUT2D eigenvalue weighted by Crippen LogP contribution is 2.26. The molecule has 33 heavy (non-hydrogen) atoms. The van der Waals surface area contributed by atoms with Gasteiger partial charge in [0.15, 0.2) is 0 Å². The molecule has 3 rings (SSSR count). The summed E-state index contributed by atoms with van der Waals surface area (Å²) in [5.41, 5.74) is 0.576. The molecule has 0 radical (unpaired) electrons. The van der Waals surface area contributed by atoms with E-state index in [1.165, 1.54) is 6.07 Å². The smallest absolute Gasteiger partial charge is 0.410 e. The van der Waals surface area contributed by atoms with E-state index in [0.717, 1.165) is 5.56 Å². The van der Waals surface area contributed by atoms with Crippen LogP contribution in [0.2, 0.25) is 0 Å². The van der Waals surface area contributed by atoms with Crippen molar-refractivity contribution in [3.8, 4) is 0 Å². The van der Waals surface area contributed by atoms with Gasteiger partial charge in [-0.3, -0.25) is 9.38 Å². The van der Waals surface area contributed by atoms with Gasteiger partial charge in [-0.25, -0.2) is 9.18 Å². The van der Waals surface area contributed by atoms with Crippen molar-refractivity contribution in [2.24, 2.45) is 0 Å². The molecule has 0 aliphatic carbocycles. The molecule has 2 atom stereocenters. The molecule has 0 aromatic heterocycles. The number of benzene rings is 2. The van der Waals surface area contributed by atoms with Crippen molar-refractivity contribution in [3.05, 3.63) is 66.0 Å². The Kier molecular flexibility index (Phi) is 7.58. The summed E-state index contributed by atoms with van der Waals surface area (Å²) in [6.07, 6.45) is -1.22. The lowest BCUT2D eigenvalue weighted by atomic mass is 10.0. The van der Waals surface area contributed by atoms with E-state index in [9.17, 15) is 19.1 Å². The Bertz CT molecular complexity index is 964. The monoisotopic (exact) mass is 457 g/mol. The molecule has 2 amide bonds. The number of amides is 2. The zero-order valence-electron chi connectivity index (χ0n) is 19.4. The predicted octanol–water partition coefficient (Wildman–Crippen LogP) is 3.61. The number of halogens is 1. The number of anilines is 1. The highest BCUT2D eigenvalue weighted by atomic mass is 19.1. The van der Waals surface area contributed by atoms with Crippen LogP contribution in [-0.4, -0.2) is 59.4 Å². The number of rotatable bonds is 6. The number of carboxylic acid groups (broad SMARTS) is 1. The zero-order valence-corrected chi connectivity index (χ0v) is 19.4. The van der Waals surface area contributed by atoms with Gasteiger partial charge in [-0.15, -0.1) is 0 Å². The molecule has 8 heteroatoms. The molecule has 2 aromatic rings. The molecular weight excluding hydrogens is 425 g/mol. The minimum Gasteiger partial charge on any atom is -0.498 e. The number of nitrogens with one attached hydrogen (secondary N) is 1. The molecular formula is C25H32FN3O4. The van der Waals surface area contributed by atoms with E-state index in [4.69, 9.17) is 4.74 Å². The fourth-order valence-electron chi connectivity index (χ4n) is 4.17. The molecule has 0 saturated carbocycles. The van der Waals surface area contributed by atoms with E-state index in [1.807, 2.05) is 30.3 Å². The number of quaternary nitrogens is 1. The van der Waals surface area contributed by atoms with Gasteiger partial charge >= 0.3 is 6.09 Å². The number of carbonyl (C=O) groups excluding carboxylic acids is 2. The number of ether oxygens (including phenoxy) is 1. The van der Waals surface area contributed by atoms with Gasteiger partial charge in [-0.1, -0.05) is 42.5 Å². The van der Waals surface area contributed by atoms with Crippen LogP contribution in [0.1, 0.15) is 32.8 Å². The van der Waals surface area contributed by atoms with Crippen molar-refractivity contribution in [3.63, 3.8) is 0 Å². The highest BCUT2D eigenvalue weighted by molar-refractivity contribution is 5.69. The second kappa shape index (κ2) is 10.2. The molecule has 178 valence electrons. The highest BCUT2D eigenvalue weighted by Gasteiger charge is 2.43. The fourth-order valence-corrected chi connectivity index (χ4v) is 4.17. The summed E-state index contributed by atoms with van der Waals surface area (Å²) in [6, 6.07) is 15.3. The molecule has 1 saturated heterocycles. The van der Waals surface area contributed by atoms with E-state index in [1.54, 1.807) is 43.9 Å². The van der Waals surface area contributed by atoms with Gasteiger partial charge in [0, 0.05) is 12.1 Å². The number of hydrogen-bond donors (Lipinski definition) is 1. The maximum absolute atomic E-state index is 14.0. The summed E-state index contributed by atoms with van der Waals surface area (Å²) in [5, 5.41) is 15.4. The van der Waals surface area contributed by atoms with Crippen molar-refractivity contribution < 1.29 is 28.3 Å². The zero-order chi connectivity index (χ0) is 24.1. The number of carbonyl (C=O) groups is 2. The van der Waals surface area contributed by atoms with Gasteiger partial charge in [0.2, 0.25) is 0 Å². The SMILES string of the molecule is CC(C)(C)OC(=O)N1CC[N+](Cc2ccccc2)(C(=O)[O-])C[C@H]1CCNc1ccccc1F. The minimum absolute atomic E-state index is 0.176. The van der Waals surface area contributed by atoms with Gasteiger partial charge in [0.05, 0.1) is 18.3 Å². The Balaban J connectivity index is 1.79. The third-order valence-corrected chi connectivity index (χ3v) is 5.78. The molecule has 1 fully saturated rings. The lowest BCUT2D eigenvalue weighted by Crippen LogP contribution is -2.69. The van der Waals surface area contributed by atoms with Crippen LogP contribution in [0.25, 0.3) is 0 Å². The van der Waals surface area contributed by atoms with E-state index >= 15 is 0 Å². The van der Waals surface area contributed by atoms with Gasteiger partial charge in [-0.05, 0) is 39.3 Å². The first-order valence-corrected chi connectivity index (χ1v) is 11.2. The fraction of sp³-hybridized carbons (Fsp3) is 0.440. The normalized spacial score (nSPS) is 20.8. The summed E-state index contributed by atoms with van der Waals surface area (Å²) >= 11 is 0. The van der Waals surface area contributed by atoms with Crippen LogP contribution in [0.3, 0.4) is 0 Å². The quantitative estimate of drug-likeness (QED) is 0.671. The van der Waals surface area contributed by atoms with Crippen molar-refractivity contribution >= 4 is 17.9 Å². The van der Waals surface area contributed by atoms with Gasteiger partial charge in [-0.2, -0.15) is 0 Å². The Morgan fingerprint density at radius 2 is 1.82 bits per heavy atom. The Hall–Kier alpha value is -3.13. The average molecular weight is 458 g/mol. The van der Waals surface area contributed by atoms with E-state index in [0.29, 0.717) is 18.7 Å². The first kappa shape index (κ1) is 24.5. The lowest BCUT2D eigenvalue weighted by molar-refractivity contribution is -0.895. The second-order valence-corrected chi connectivity index (χ2v) is 9.48. The maximum Gasteiger partial charge on any atom is 0.410 e.